The van der Waals surface area contributed by atoms with E-state index in [1.165, 1.54) is 16.6 Å². The van der Waals surface area contributed by atoms with Crippen molar-refractivity contribution in [1.29, 1.82) is 0 Å². The van der Waals surface area contributed by atoms with Crippen molar-refractivity contribution in [3.8, 4) is 17.5 Å². The first kappa shape index (κ1) is 19.2. The number of rotatable bonds is 2. The van der Waals surface area contributed by atoms with E-state index in [1.54, 1.807) is 42.6 Å². The number of amides is 1. The first-order valence-corrected chi connectivity index (χ1v) is 9.46. The van der Waals surface area contributed by atoms with E-state index in [9.17, 15) is 18.7 Å². The highest BCUT2D eigenvalue weighted by Crippen LogP contribution is 2.64. The molecule has 1 saturated carbocycles. The Balaban J connectivity index is 1.55. The van der Waals surface area contributed by atoms with E-state index >= 15 is 0 Å². The van der Waals surface area contributed by atoms with Gasteiger partial charge in [-0.2, -0.15) is 5.10 Å². The number of aliphatic hydroxyl groups is 1. The SMILES string of the molecule is C=C1N(C)C2C(C1(O)C#Cc1cccc(-n3nc(C(N)=O)c4cccnc43)c1)C2(F)F. The van der Waals surface area contributed by atoms with Gasteiger partial charge in [-0.25, -0.2) is 18.4 Å². The number of benzene rings is 1. The number of hydrogen-bond acceptors (Lipinski definition) is 5. The molecule has 2 fully saturated rings. The highest BCUT2D eigenvalue weighted by Gasteiger charge is 2.82. The van der Waals surface area contributed by atoms with E-state index in [0.29, 0.717) is 22.3 Å². The lowest BCUT2D eigenvalue weighted by Gasteiger charge is -2.26. The Morgan fingerprint density at radius 3 is 2.81 bits per heavy atom. The lowest BCUT2D eigenvalue weighted by Crippen LogP contribution is -2.37. The lowest BCUT2D eigenvalue weighted by molar-refractivity contribution is 0.00441. The summed E-state index contributed by atoms with van der Waals surface area (Å²) in [5.74, 6) is 0.402. The summed E-state index contributed by atoms with van der Waals surface area (Å²) in [5, 5.41) is 15.6. The summed E-state index contributed by atoms with van der Waals surface area (Å²) < 4.78 is 29.5. The molecule has 5 rings (SSSR count). The third-order valence-electron chi connectivity index (χ3n) is 5.91. The number of alkyl halides is 2. The summed E-state index contributed by atoms with van der Waals surface area (Å²) in [7, 11) is 1.48. The molecule has 3 heterocycles. The van der Waals surface area contributed by atoms with Crippen molar-refractivity contribution in [2.45, 2.75) is 17.6 Å². The fourth-order valence-corrected chi connectivity index (χ4v) is 4.26. The van der Waals surface area contributed by atoms with Crippen LogP contribution in [0.1, 0.15) is 16.1 Å². The van der Waals surface area contributed by atoms with Gasteiger partial charge in [0.25, 0.3) is 11.8 Å². The summed E-state index contributed by atoms with van der Waals surface area (Å²) in [6.07, 6.45) is 1.57. The molecule has 1 aromatic carbocycles. The number of likely N-dealkylation sites (tertiary alicyclic amines) is 1. The third-order valence-corrected chi connectivity index (χ3v) is 5.91. The second-order valence-corrected chi connectivity index (χ2v) is 7.72. The zero-order valence-corrected chi connectivity index (χ0v) is 16.4. The Morgan fingerprint density at radius 2 is 2.10 bits per heavy atom. The maximum absolute atomic E-state index is 14.0. The second-order valence-electron chi connectivity index (χ2n) is 7.72. The van der Waals surface area contributed by atoms with Crippen LogP contribution in [-0.4, -0.2) is 55.3 Å². The molecule has 7 nitrogen and oxygen atoms in total. The van der Waals surface area contributed by atoms with Crippen LogP contribution in [0, 0.1) is 17.8 Å². The molecule has 0 spiro atoms. The Morgan fingerprint density at radius 1 is 1.32 bits per heavy atom. The first-order valence-electron chi connectivity index (χ1n) is 9.46. The summed E-state index contributed by atoms with van der Waals surface area (Å²) in [5.41, 5.74) is 5.12. The van der Waals surface area contributed by atoms with Gasteiger partial charge in [0.15, 0.2) is 16.9 Å². The van der Waals surface area contributed by atoms with Crippen LogP contribution in [0.5, 0.6) is 0 Å². The van der Waals surface area contributed by atoms with Gasteiger partial charge in [0.05, 0.1) is 22.7 Å². The van der Waals surface area contributed by atoms with Crippen LogP contribution >= 0.6 is 0 Å². The van der Waals surface area contributed by atoms with Crippen LogP contribution in [-0.2, 0) is 0 Å². The number of pyridine rings is 1. The third kappa shape index (κ3) is 2.58. The number of carbonyl (C=O) groups is 1. The van der Waals surface area contributed by atoms with E-state index in [4.69, 9.17) is 5.73 Å². The maximum Gasteiger partial charge on any atom is 0.277 e. The largest absolute Gasteiger partial charge is 0.371 e. The van der Waals surface area contributed by atoms with Crippen molar-refractivity contribution in [2.24, 2.45) is 11.7 Å². The van der Waals surface area contributed by atoms with Crippen molar-refractivity contribution in [2.75, 3.05) is 7.05 Å². The minimum Gasteiger partial charge on any atom is -0.371 e. The Labute approximate surface area is 175 Å². The van der Waals surface area contributed by atoms with Crippen LogP contribution in [0.2, 0.25) is 0 Å². The van der Waals surface area contributed by atoms with Crippen molar-refractivity contribution >= 4 is 16.9 Å². The standard InChI is InChI=1S/C22H17F2N5O2/c1-12-21(31,17-18(28(12)2)22(17,23)24)9-8-13-5-3-6-14(11-13)29-20-15(7-4-10-26-20)16(27-29)19(25)30/h3-7,10-11,17-18,31H,1H2,2H3,(H2,25,30). The number of primary amides is 1. The molecule has 0 radical (unpaired) electrons. The summed E-state index contributed by atoms with van der Waals surface area (Å²) >= 11 is 0. The molecule has 1 amide bonds. The van der Waals surface area contributed by atoms with Crippen LogP contribution in [0.25, 0.3) is 16.7 Å². The summed E-state index contributed by atoms with van der Waals surface area (Å²) in [6, 6.07) is 9.06. The van der Waals surface area contributed by atoms with Gasteiger partial charge >= 0.3 is 0 Å². The smallest absolute Gasteiger partial charge is 0.277 e. The quantitative estimate of drug-likeness (QED) is 0.614. The van der Waals surface area contributed by atoms with Gasteiger partial charge < -0.3 is 15.7 Å². The molecule has 3 unspecified atom stereocenters. The molecule has 156 valence electrons. The zero-order valence-electron chi connectivity index (χ0n) is 16.4. The fraction of sp³-hybridized carbons (Fsp3) is 0.227. The highest BCUT2D eigenvalue weighted by molar-refractivity contribution is 6.03. The van der Waals surface area contributed by atoms with Crippen LogP contribution in [0.3, 0.4) is 0 Å². The van der Waals surface area contributed by atoms with Crippen molar-refractivity contribution in [3.63, 3.8) is 0 Å². The molecule has 1 saturated heterocycles. The van der Waals surface area contributed by atoms with Crippen LogP contribution in [0.15, 0.2) is 54.9 Å². The van der Waals surface area contributed by atoms with Gasteiger partial charge in [0.2, 0.25) is 0 Å². The van der Waals surface area contributed by atoms with E-state index < -0.39 is 29.4 Å². The zero-order chi connectivity index (χ0) is 22.1. The number of carbonyl (C=O) groups excluding carboxylic acids is 1. The second kappa shape index (κ2) is 6.12. The minimum atomic E-state index is -3.01. The molecule has 2 aromatic heterocycles. The predicted octanol–water partition coefficient (Wildman–Crippen LogP) is 1.69. The van der Waals surface area contributed by atoms with E-state index in [0.717, 1.165) is 0 Å². The molecule has 2 aliphatic rings. The van der Waals surface area contributed by atoms with Gasteiger partial charge in [-0.3, -0.25) is 4.79 Å². The molecule has 3 atom stereocenters. The average molecular weight is 421 g/mol. The fourth-order valence-electron chi connectivity index (χ4n) is 4.26. The molecular weight excluding hydrogens is 404 g/mol. The number of hydrogen-bond donors (Lipinski definition) is 2. The minimum absolute atomic E-state index is 0.0844. The van der Waals surface area contributed by atoms with Gasteiger partial charge in [0, 0.05) is 18.8 Å². The first-order chi connectivity index (χ1) is 14.7. The lowest BCUT2D eigenvalue weighted by atomic mass is 9.96. The van der Waals surface area contributed by atoms with Gasteiger partial charge in [-0.05, 0) is 30.3 Å². The van der Waals surface area contributed by atoms with E-state index in [1.807, 2.05) is 0 Å². The Hall–Kier alpha value is -3.77. The predicted molar refractivity (Wildman–Crippen MR) is 108 cm³/mol. The average Bonchev–Trinajstić information content (AvgIpc) is 3.04. The monoisotopic (exact) mass is 421 g/mol. The molecule has 3 aromatic rings. The van der Waals surface area contributed by atoms with Crippen molar-refractivity contribution in [3.05, 3.63) is 66.1 Å². The number of aromatic nitrogens is 3. The Bertz CT molecular complexity index is 1340. The number of piperidine rings is 1. The number of likely N-dealkylation sites (N-methyl/N-ethyl adjacent to an activating group) is 1. The molecule has 9 heteroatoms. The van der Waals surface area contributed by atoms with Gasteiger partial charge in [0.1, 0.15) is 6.04 Å². The number of nitrogens with zero attached hydrogens (tertiary/aromatic N) is 4. The van der Waals surface area contributed by atoms with Gasteiger partial charge in [-0.15, -0.1) is 0 Å². The highest BCUT2D eigenvalue weighted by atomic mass is 19.3. The number of fused-ring (bicyclic) bond motifs is 2. The summed E-state index contributed by atoms with van der Waals surface area (Å²) in [4.78, 5) is 17.3. The molecule has 1 aliphatic heterocycles. The maximum atomic E-state index is 14.0. The summed E-state index contributed by atoms with van der Waals surface area (Å²) in [6.45, 7) is 3.74. The van der Waals surface area contributed by atoms with E-state index in [-0.39, 0.29) is 11.4 Å². The number of halogens is 2. The van der Waals surface area contributed by atoms with Crippen molar-refractivity contribution in [1.82, 2.24) is 19.7 Å². The molecule has 0 bridgehead atoms. The molecule has 3 N–H and O–H groups in total. The number of nitrogens with two attached hydrogens (primary N) is 1. The van der Waals surface area contributed by atoms with Gasteiger partial charge in [-0.1, -0.05) is 24.5 Å². The van der Waals surface area contributed by atoms with E-state index in [2.05, 4.69) is 28.5 Å². The van der Waals surface area contributed by atoms with Crippen LogP contribution in [0.4, 0.5) is 8.78 Å². The van der Waals surface area contributed by atoms with Crippen molar-refractivity contribution < 1.29 is 18.7 Å². The molecule has 1 aliphatic carbocycles. The van der Waals surface area contributed by atoms with Crippen LogP contribution < -0.4 is 5.73 Å². The molecular formula is C22H17F2N5O2. The molecule has 31 heavy (non-hydrogen) atoms. The Kier molecular flexibility index (Phi) is 3.79. The normalized spacial score (nSPS) is 25.8. The topological polar surface area (TPSA) is 97.3 Å².